The van der Waals surface area contributed by atoms with Gasteiger partial charge in [-0.25, -0.2) is 0 Å². The van der Waals surface area contributed by atoms with Crippen LogP contribution in [0.1, 0.15) is 103 Å². The molecule has 2 heteroatoms. The van der Waals surface area contributed by atoms with Crippen molar-refractivity contribution in [3.8, 4) is 0 Å². The third-order valence-corrected chi connectivity index (χ3v) is 9.65. The minimum Gasteiger partial charge on any atom is -0.309 e. The molecule has 0 aromatic carbocycles. The van der Waals surface area contributed by atoms with Crippen molar-refractivity contribution < 1.29 is 0 Å². The summed E-state index contributed by atoms with van der Waals surface area (Å²) in [7, 11) is 4.40. The molecule has 1 saturated heterocycles. The molecule has 4 aliphatic rings. The molecule has 1 aliphatic heterocycles. The first-order valence-electron chi connectivity index (χ1n) is 12.4. The van der Waals surface area contributed by atoms with Crippen LogP contribution in [0.2, 0.25) is 0 Å². The molecular weight excluding hydrogens is 328 g/mol. The highest BCUT2D eigenvalue weighted by atomic mass is 15.1. The lowest BCUT2D eigenvalue weighted by atomic mass is 9.52. The largest absolute Gasteiger partial charge is 0.309 e. The summed E-state index contributed by atoms with van der Waals surface area (Å²) in [4.78, 5) is 5.08. The summed E-state index contributed by atoms with van der Waals surface area (Å²) < 4.78 is 0. The third kappa shape index (κ3) is 4.74. The van der Waals surface area contributed by atoms with E-state index in [0.29, 0.717) is 0 Å². The van der Waals surface area contributed by atoms with Crippen molar-refractivity contribution in [1.29, 1.82) is 0 Å². The Morgan fingerprint density at radius 2 is 1.04 bits per heavy atom. The maximum absolute atomic E-state index is 2.76. The van der Waals surface area contributed by atoms with Crippen LogP contribution in [0.25, 0.3) is 0 Å². The van der Waals surface area contributed by atoms with E-state index in [0.717, 1.165) is 16.2 Å². The number of likely N-dealkylation sites (tertiary alicyclic amines) is 1. The molecule has 4 rings (SSSR count). The Morgan fingerprint density at radius 1 is 0.593 bits per heavy atom. The lowest BCUT2D eigenvalue weighted by Gasteiger charge is -2.54. The first-order chi connectivity index (χ1) is 13.0. The van der Waals surface area contributed by atoms with Crippen LogP contribution >= 0.6 is 0 Å². The Balaban J connectivity index is 1.22. The highest BCUT2D eigenvalue weighted by Gasteiger charge is 2.48. The fourth-order valence-electron chi connectivity index (χ4n) is 7.28. The Morgan fingerprint density at radius 3 is 1.52 bits per heavy atom. The molecule has 3 saturated carbocycles. The average Bonchev–Trinajstić information content (AvgIpc) is 2.69. The van der Waals surface area contributed by atoms with Gasteiger partial charge in [-0.1, -0.05) is 19.3 Å². The second kappa shape index (κ2) is 8.34. The van der Waals surface area contributed by atoms with Gasteiger partial charge in [0, 0.05) is 0 Å². The fraction of sp³-hybridized carbons (Fsp3) is 1.00. The van der Waals surface area contributed by atoms with Crippen LogP contribution in [-0.4, -0.2) is 50.1 Å². The third-order valence-electron chi connectivity index (χ3n) is 9.65. The van der Waals surface area contributed by atoms with Crippen molar-refractivity contribution in [3.63, 3.8) is 0 Å². The van der Waals surface area contributed by atoms with Crippen LogP contribution in [0.15, 0.2) is 0 Å². The predicted octanol–water partition coefficient (Wildman–Crippen LogP) is 6.11. The van der Waals surface area contributed by atoms with Gasteiger partial charge in [-0.05, 0) is 140 Å². The van der Waals surface area contributed by atoms with Gasteiger partial charge in [0.1, 0.15) is 0 Å². The summed E-state index contributed by atoms with van der Waals surface area (Å²) in [5.41, 5.74) is 2.32. The zero-order chi connectivity index (χ0) is 18.8. The Hall–Kier alpha value is -0.0800. The molecule has 0 N–H and O–H groups in total. The number of hydrogen-bond acceptors (Lipinski definition) is 2. The maximum Gasteiger partial charge on any atom is -0.000654 e. The molecule has 0 aromatic rings. The topological polar surface area (TPSA) is 6.48 Å². The zero-order valence-corrected chi connectivity index (χ0v) is 18.5. The molecule has 3 aliphatic carbocycles. The van der Waals surface area contributed by atoms with Crippen molar-refractivity contribution in [3.05, 3.63) is 0 Å². The number of hydrogen-bond donors (Lipinski definition) is 0. The number of rotatable bonds is 4. The van der Waals surface area contributed by atoms with Crippen LogP contribution in [0.3, 0.4) is 0 Å². The Labute approximate surface area is 169 Å². The van der Waals surface area contributed by atoms with Gasteiger partial charge >= 0.3 is 0 Å². The summed E-state index contributed by atoms with van der Waals surface area (Å²) in [5, 5.41) is 0. The summed E-state index contributed by atoms with van der Waals surface area (Å²) >= 11 is 0. The SMILES string of the molecule is CN(C)CCCN1CCC2(CC1)CCC1(CCC3(CCCCC3)CC1)CC2. The molecule has 1 heterocycles. The summed E-state index contributed by atoms with van der Waals surface area (Å²) in [6.07, 6.45) is 24.6. The van der Waals surface area contributed by atoms with Gasteiger partial charge in [-0.15, -0.1) is 0 Å². The van der Waals surface area contributed by atoms with E-state index in [1.54, 1.807) is 64.2 Å². The second-order valence-corrected chi connectivity index (χ2v) is 11.6. The minimum atomic E-state index is 0.739. The van der Waals surface area contributed by atoms with Crippen molar-refractivity contribution in [2.75, 3.05) is 40.3 Å². The monoisotopic (exact) mass is 374 g/mol. The highest BCUT2D eigenvalue weighted by Crippen LogP contribution is 2.60. The lowest BCUT2D eigenvalue weighted by Crippen LogP contribution is -2.45. The molecule has 2 nitrogen and oxygen atoms in total. The molecule has 0 bridgehead atoms. The predicted molar refractivity (Wildman–Crippen MR) is 116 cm³/mol. The number of piperidine rings is 1. The zero-order valence-electron chi connectivity index (χ0n) is 18.5. The van der Waals surface area contributed by atoms with Gasteiger partial charge in [0.25, 0.3) is 0 Å². The summed E-state index contributed by atoms with van der Waals surface area (Å²) in [5.74, 6) is 0. The molecule has 0 amide bonds. The van der Waals surface area contributed by atoms with Gasteiger partial charge in [0.05, 0.1) is 0 Å². The van der Waals surface area contributed by atoms with Crippen LogP contribution in [0.5, 0.6) is 0 Å². The van der Waals surface area contributed by atoms with E-state index in [1.165, 1.54) is 64.7 Å². The first kappa shape index (κ1) is 20.2. The molecule has 0 atom stereocenters. The lowest BCUT2D eigenvalue weighted by molar-refractivity contribution is -0.0283. The van der Waals surface area contributed by atoms with Crippen molar-refractivity contribution in [1.82, 2.24) is 9.80 Å². The van der Waals surface area contributed by atoms with Crippen molar-refractivity contribution in [2.45, 2.75) is 103 Å². The van der Waals surface area contributed by atoms with E-state index in [9.17, 15) is 0 Å². The molecule has 0 radical (unpaired) electrons. The van der Waals surface area contributed by atoms with E-state index >= 15 is 0 Å². The van der Waals surface area contributed by atoms with Crippen LogP contribution in [0.4, 0.5) is 0 Å². The van der Waals surface area contributed by atoms with E-state index in [2.05, 4.69) is 23.9 Å². The van der Waals surface area contributed by atoms with Gasteiger partial charge in [-0.3, -0.25) is 0 Å². The minimum absolute atomic E-state index is 0.739. The summed E-state index contributed by atoms with van der Waals surface area (Å²) in [6.45, 7) is 5.32. The van der Waals surface area contributed by atoms with Crippen LogP contribution in [0, 0.1) is 16.2 Å². The van der Waals surface area contributed by atoms with E-state index in [4.69, 9.17) is 0 Å². The molecule has 4 fully saturated rings. The fourth-order valence-corrected chi connectivity index (χ4v) is 7.28. The van der Waals surface area contributed by atoms with Gasteiger partial charge in [0.2, 0.25) is 0 Å². The molecular formula is C25H46N2. The molecule has 27 heavy (non-hydrogen) atoms. The standard InChI is InChI=1S/C25H46N2/c1-26(2)19-6-20-27-21-17-25(18-22-27)15-13-24(14-16-25)11-9-23(10-12-24)7-4-3-5-8-23/h3-22H2,1-2H3. The average molecular weight is 375 g/mol. The van der Waals surface area contributed by atoms with E-state index in [1.807, 2.05) is 0 Å². The maximum atomic E-state index is 2.76. The van der Waals surface area contributed by atoms with Gasteiger partial charge < -0.3 is 9.80 Å². The van der Waals surface area contributed by atoms with Crippen molar-refractivity contribution >= 4 is 0 Å². The van der Waals surface area contributed by atoms with Gasteiger partial charge in [0.15, 0.2) is 0 Å². The second-order valence-electron chi connectivity index (χ2n) is 11.6. The Bertz CT molecular complexity index is 447. The normalized spacial score (nSPS) is 30.3. The quantitative estimate of drug-likeness (QED) is 0.586. The van der Waals surface area contributed by atoms with Crippen LogP contribution in [-0.2, 0) is 0 Å². The first-order valence-corrected chi connectivity index (χ1v) is 12.4. The smallest absolute Gasteiger partial charge is 0.000654 e. The van der Waals surface area contributed by atoms with Crippen molar-refractivity contribution in [2.24, 2.45) is 16.2 Å². The highest BCUT2D eigenvalue weighted by molar-refractivity contribution is 5.00. The molecule has 156 valence electrons. The van der Waals surface area contributed by atoms with E-state index in [-0.39, 0.29) is 0 Å². The Kier molecular flexibility index (Phi) is 6.24. The van der Waals surface area contributed by atoms with Gasteiger partial charge in [-0.2, -0.15) is 0 Å². The van der Waals surface area contributed by atoms with Crippen LogP contribution < -0.4 is 0 Å². The molecule has 3 spiro atoms. The molecule has 0 aromatic heterocycles. The summed E-state index contributed by atoms with van der Waals surface area (Å²) in [6, 6.07) is 0. The van der Waals surface area contributed by atoms with E-state index < -0.39 is 0 Å². The number of nitrogens with zero attached hydrogens (tertiary/aromatic N) is 2. The molecule has 0 unspecified atom stereocenters.